The third kappa shape index (κ3) is 2.63. The number of aryl methyl sites for hydroxylation is 2. The Labute approximate surface area is 119 Å². The summed E-state index contributed by atoms with van der Waals surface area (Å²) < 4.78 is 0. The molecule has 1 amide bonds. The van der Waals surface area contributed by atoms with Gasteiger partial charge in [0.15, 0.2) is 0 Å². The number of nitrogens with zero attached hydrogens (tertiary/aromatic N) is 2. The van der Waals surface area contributed by atoms with E-state index in [2.05, 4.69) is 15.9 Å². The van der Waals surface area contributed by atoms with Crippen LogP contribution in [0.5, 0.6) is 0 Å². The van der Waals surface area contributed by atoms with Gasteiger partial charge in [-0.3, -0.25) is 14.9 Å². The minimum Gasteiger partial charge on any atom is -0.312 e. The maximum absolute atomic E-state index is 12.0. The summed E-state index contributed by atoms with van der Waals surface area (Å²) in [6, 6.07) is 3.28. The molecule has 0 spiro atoms. The molecule has 2 rings (SSSR count). The molecule has 5 nitrogen and oxygen atoms in total. The minimum absolute atomic E-state index is 0.0331. The smallest absolute Gasteiger partial charge is 0.274 e. The highest BCUT2D eigenvalue weighted by atomic mass is 79.9. The van der Waals surface area contributed by atoms with Crippen LogP contribution in [0.15, 0.2) is 12.1 Å². The third-order valence-corrected chi connectivity index (χ3v) is 4.34. The van der Waals surface area contributed by atoms with Crippen molar-refractivity contribution in [3.8, 4) is 0 Å². The van der Waals surface area contributed by atoms with E-state index in [1.165, 1.54) is 6.07 Å². The van der Waals surface area contributed by atoms with Gasteiger partial charge in [-0.15, -0.1) is 0 Å². The van der Waals surface area contributed by atoms with Crippen molar-refractivity contribution in [2.75, 3.05) is 16.8 Å². The van der Waals surface area contributed by atoms with Gasteiger partial charge in [0.2, 0.25) is 5.91 Å². The van der Waals surface area contributed by atoms with E-state index in [1.807, 2.05) is 6.92 Å². The molecule has 1 saturated heterocycles. The van der Waals surface area contributed by atoms with E-state index in [-0.39, 0.29) is 17.5 Å². The Kier molecular flexibility index (Phi) is 3.89. The van der Waals surface area contributed by atoms with Gasteiger partial charge in [0.1, 0.15) is 0 Å². The normalized spacial score (nSPS) is 19.0. The Hall–Kier alpha value is -1.43. The second-order valence-electron chi connectivity index (χ2n) is 4.91. The van der Waals surface area contributed by atoms with Crippen LogP contribution in [0.4, 0.5) is 11.4 Å². The molecule has 0 radical (unpaired) electrons. The zero-order valence-electron chi connectivity index (χ0n) is 10.9. The van der Waals surface area contributed by atoms with Crippen LogP contribution in [-0.4, -0.2) is 22.7 Å². The first-order valence-corrected chi connectivity index (χ1v) is 7.18. The molecular formula is C13H15BrN2O3. The van der Waals surface area contributed by atoms with Crippen LogP contribution in [0, 0.1) is 29.9 Å². The molecule has 0 N–H and O–H groups in total. The lowest BCUT2D eigenvalue weighted by molar-refractivity contribution is -0.385. The number of carbonyl (C=O) groups is 1. The van der Waals surface area contributed by atoms with E-state index in [0.717, 1.165) is 10.9 Å². The second kappa shape index (κ2) is 5.28. The molecule has 102 valence electrons. The number of carbonyl (C=O) groups excluding carboxylic acids is 1. The fraction of sp³-hybridized carbons (Fsp3) is 0.462. The Bertz CT molecular complexity index is 545. The summed E-state index contributed by atoms with van der Waals surface area (Å²) in [5.41, 5.74) is 2.24. The van der Waals surface area contributed by atoms with Crippen molar-refractivity contribution < 1.29 is 9.72 Å². The van der Waals surface area contributed by atoms with Crippen LogP contribution < -0.4 is 4.90 Å². The molecule has 0 bridgehead atoms. The van der Waals surface area contributed by atoms with Crippen LogP contribution >= 0.6 is 15.9 Å². The Balaban J connectivity index is 2.42. The van der Waals surface area contributed by atoms with E-state index < -0.39 is 4.92 Å². The average molecular weight is 327 g/mol. The highest BCUT2D eigenvalue weighted by molar-refractivity contribution is 9.09. The summed E-state index contributed by atoms with van der Waals surface area (Å²) >= 11 is 3.38. The fourth-order valence-corrected chi connectivity index (χ4v) is 2.87. The summed E-state index contributed by atoms with van der Waals surface area (Å²) in [4.78, 5) is 24.3. The number of halogens is 1. The molecular weight excluding hydrogens is 312 g/mol. The molecule has 6 heteroatoms. The Morgan fingerprint density at radius 2 is 2.11 bits per heavy atom. The molecule has 1 aliphatic rings. The minimum atomic E-state index is -0.402. The van der Waals surface area contributed by atoms with Crippen molar-refractivity contribution in [3.05, 3.63) is 33.4 Å². The lowest BCUT2D eigenvalue weighted by Gasteiger charge is -2.19. The van der Waals surface area contributed by atoms with Crippen molar-refractivity contribution in [2.45, 2.75) is 20.3 Å². The summed E-state index contributed by atoms with van der Waals surface area (Å²) in [5, 5.41) is 11.8. The molecule has 1 aliphatic heterocycles. The van der Waals surface area contributed by atoms with Crippen LogP contribution in [0.2, 0.25) is 0 Å². The van der Waals surface area contributed by atoms with Crippen LogP contribution in [-0.2, 0) is 4.79 Å². The van der Waals surface area contributed by atoms with Gasteiger partial charge in [0.05, 0.1) is 10.6 Å². The third-order valence-electron chi connectivity index (χ3n) is 3.43. The molecule has 1 heterocycles. The molecule has 1 atom stereocenters. The first-order chi connectivity index (χ1) is 8.93. The zero-order chi connectivity index (χ0) is 14.2. The van der Waals surface area contributed by atoms with Gasteiger partial charge >= 0.3 is 0 Å². The average Bonchev–Trinajstić information content (AvgIpc) is 2.70. The quantitative estimate of drug-likeness (QED) is 0.487. The van der Waals surface area contributed by atoms with Crippen molar-refractivity contribution in [1.82, 2.24) is 0 Å². The molecule has 0 aliphatic carbocycles. The molecule has 0 saturated carbocycles. The van der Waals surface area contributed by atoms with Crippen molar-refractivity contribution in [2.24, 2.45) is 5.92 Å². The first-order valence-electron chi connectivity index (χ1n) is 6.06. The number of nitro groups is 1. The largest absolute Gasteiger partial charge is 0.312 e. The number of anilines is 1. The van der Waals surface area contributed by atoms with E-state index >= 15 is 0 Å². The van der Waals surface area contributed by atoms with Crippen molar-refractivity contribution >= 4 is 33.2 Å². The summed E-state index contributed by atoms with van der Waals surface area (Å²) in [5.74, 6) is 0.304. The number of hydrogen-bond acceptors (Lipinski definition) is 3. The molecule has 0 aromatic heterocycles. The lowest BCUT2D eigenvalue weighted by atomic mass is 10.1. The molecule has 1 fully saturated rings. The number of alkyl halides is 1. The SMILES string of the molecule is Cc1cc(C)c([N+](=O)[O-])cc1N1CC(CBr)CC1=O. The van der Waals surface area contributed by atoms with E-state index in [9.17, 15) is 14.9 Å². The predicted molar refractivity (Wildman–Crippen MR) is 76.8 cm³/mol. The monoisotopic (exact) mass is 326 g/mol. The topological polar surface area (TPSA) is 63.5 Å². The predicted octanol–water partition coefficient (Wildman–Crippen LogP) is 2.96. The summed E-state index contributed by atoms with van der Waals surface area (Å²) in [6.07, 6.45) is 0.492. The van der Waals surface area contributed by atoms with Gasteiger partial charge in [-0.2, -0.15) is 0 Å². The van der Waals surface area contributed by atoms with Crippen LogP contribution in [0.25, 0.3) is 0 Å². The number of amides is 1. The highest BCUT2D eigenvalue weighted by Crippen LogP contribution is 2.33. The Morgan fingerprint density at radius 1 is 1.42 bits per heavy atom. The standard InChI is InChI=1S/C13H15BrN2O3/c1-8-3-9(2)12(16(18)19)5-11(8)15-7-10(6-14)4-13(15)17/h3,5,10H,4,6-7H2,1-2H3. The van der Waals surface area contributed by atoms with E-state index in [1.54, 1.807) is 17.9 Å². The molecule has 1 aromatic carbocycles. The molecule has 1 unspecified atom stereocenters. The fourth-order valence-electron chi connectivity index (χ4n) is 2.44. The first kappa shape index (κ1) is 14.0. The van der Waals surface area contributed by atoms with Gasteiger partial charge in [0, 0.05) is 29.9 Å². The second-order valence-corrected chi connectivity index (χ2v) is 5.56. The zero-order valence-corrected chi connectivity index (χ0v) is 12.4. The number of rotatable bonds is 3. The van der Waals surface area contributed by atoms with Crippen molar-refractivity contribution in [1.29, 1.82) is 0 Å². The summed E-state index contributed by atoms with van der Waals surface area (Å²) in [6.45, 7) is 4.20. The van der Waals surface area contributed by atoms with E-state index in [4.69, 9.17) is 0 Å². The van der Waals surface area contributed by atoms with Crippen LogP contribution in [0.1, 0.15) is 17.5 Å². The van der Waals surface area contributed by atoms with Crippen molar-refractivity contribution in [3.63, 3.8) is 0 Å². The summed E-state index contributed by atoms with van der Waals surface area (Å²) in [7, 11) is 0. The number of benzene rings is 1. The van der Waals surface area contributed by atoms with Gasteiger partial charge in [-0.25, -0.2) is 0 Å². The van der Waals surface area contributed by atoms with Gasteiger partial charge in [-0.05, 0) is 31.4 Å². The Morgan fingerprint density at radius 3 is 2.63 bits per heavy atom. The highest BCUT2D eigenvalue weighted by Gasteiger charge is 2.31. The maximum Gasteiger partial charge on any atom is 0.274 e. The molecule has 19 heavy (non-hydrogen) atoms. The number of hydrogen-bond donors (Lipinski definition) is 0. The van der Waals surface area contributed by atoms with E-state index in [0.29, 0.717) is 24.2 Å². The van der Waals surface area contributed by atoms with Crippen LogP contribution in [0.3, 0.4) is 0 Å². The van der Waals surface area contributed by atoms with Gasteiger partial charge < -0.3 is 4.90 Å². The number of nitro benzene ring substituents is 1. The maximum atomic E-state index is 12.0. The van der Waals surface area contributed by atoms with Gasteiger partial charge in [0.25, 0.3) is 5.69 Å². The van der Waals surface area contributed by atoms with Gasteiger partial charge in [-0.1, -0.05) is 15.9 Å². The molecule has 1 aromatic rings. The lowest BCUT2D eigenvalue weighted by Crippen LogP contribution is -2.25.